The number of allylic oxidation sites excluding steroid dienone is 1. The number of aldehydes is 1. The molecular weight excluding hydrogens is 659 g/mol. The summed E-state index contributed by atoms with van der Waals surface area (Å²) in [7, 11) is 0. The van der Waals surface area contributed by atoms with Gasteiger partial charge in [0.1, 0.15) is 11.7 Å². The lowest BCUT2D eigenvalue weighted by Crippen LogP contribution is -2.65. The number of carbonyl (C=O) groups is 2. The molecule has 0 amide bonds. The summed E-state index contributed by atoms with van der Waals surface area (Å²) in [6.07, 6.45) is 18.3. The summed E-state index contributed by atoms with van der Waals surface area (Å²) in [5, 5.41) is 15.5. The van der Waals surface area contributed by atoms with E-state index in [9.17, 15) is 14.7 Å². The molecule has 7 aliphatic rings. The van der Waals surface area contributed by atoms with Crippen LogP contribution in [0.1, 0.15) is 103 Å². The van der Waals surface area contributed by atoms with Gasteiger partial charge in [-0.05, 0) is 98.5 Å². The lowest BCUT2D eigenvalue weighted by molar-refractivity contribution is -0.197. The van der Waals surface area contributed by atoms with Gasteiger partial charge in [0.25, 0.3) is 0 Å². The predicted molar refractivity (Wildman–Crippen MR) is 210 cm³/mol. The zero-order valence-corrected chi connectivity index (χ0v) is 33.2. The molecule has 0 radical (unpaired) electrons. The fourth-order valence-corrected chi connectivity index (χ4v) is 14.2. The average molecular weight is 728 g/mol. The van der Waals surface area contributed by atoms with Gasteiger partial charge in [-0.2, -0.15) is 0 Å². The largest absolute Gasteiger partial charge is 0.481 e. The Morgan fingerprint density at radius 2 is 1.70 bits per heavy atom. The van der Waals surface area contributed by atoms with E-state index in [0.717, 1.165) is 77.1 Å². The molecule has 53 heavy (non-hydrogen) atoms. The van der Waals surface area contributed by atoms with Gasteiger partial charge in [-0.25, -0.2) is 0 Å². The summed E-state index contributed by atoms with van der Waals surface area (Å²) < 4.78 is 7.43. The fraction of sp³-hybridized carbons (Fsp3) is 0.783. The monoisotopic (exact) mass is 728 g/mol. The number of carboxylic acid groups (broad SMARTS) is 1. The Hall–Kier alpha value is -2.06. The highest BCUT2D eigenvalue weighted by Crippen LogP contribution is 2.84. The SMILES string of the molecule is CC(C)C1=CC2CC3(C=O)[C@@H]4CC[C@@H](C)[C@H]4CC2([C@H]2C[C@@H](C4CCCCC4)[C@H](CNCCN4CCN(CCCCc5ccccc5)CC4)O2)[C@]13C(=O)O. The van der Waals surface area contributed by atoms with E-state index < -0.39 is 22.2 Å². The third kappa shape index (κ3) is 6.21. The molecule has 2 heterocycles. The van der Waals surface area contributed by atoms with Crippen LogP contribution >= 0.6 is 0 Å². The van der Waals surface area contributed by atoms with Crippen LogP contribution in [-0.2, 0) is 20.7 Å². The maximum atomic E-state index is 14.2. The van der Waals surface area contributed by atoms with E-state index in [1.807, 2.05) is 0 Å². The standard InChI is InChI=1S/C46H69N3O4/c1-32(2)40-26-36-28-44(31-50)39-18-17-33(3)38(39)29-45(36,46(40,44)43(51)52)42-27-37(35-15-8-5-9-16-35)41(53-42)30-47-19-21-49-24-22-48(23-25-49)20-11-10-14-34-12-6-4-7-13-34/h4,6-7,12-13,26,31-33,35-39,41-42,47H,5,8-11,14-25,27-30H2,1-3H3,(H,51,52)/t33-,36?,37+,38-,39-,41+,42-,44?,45?,46+/m1/s1. The highest BCUT2D eigenvalue weighted by molar-refractivity contribution is 5.90. The summed E-state index contributed by atoms with van der Waals surface area (Å²) in [6.45, 7) is 15.3. The Labute approximate surface area is 320 Å². The first kappa shape index (κ1) is 37.8. The molecule has 7 heteroatoms. The number of benzene rings is 1. The number of hydrogen-bond donors (Lipinski definition) is 2. The molecule has 6 fully saturated rings. The highest BCUT2D eigenvalue weighted by atomic mass is 16.5. The smallest absolute Gasteiger partial charge is 0.315 e. The van der Waals surface area contributed by atoms with Crippen LogP contribution in [0.15, 0.2) is 42.0 Å². The van der Waals surface area contributed by atoms with Crippen LogP contribution in [0.25, 0.3) is 0 Å². The van der Waals surface area contributed by atoms with E-state index >= 15 is 0 Å². The molecule has 5 aliphatic carbocycles. The van der Waals surface area contributed by atoms with Crippen LogP contribution in [0.5, 0.6) is 0 Å². The Balaban J connectivity index is 0.930. The number of unbranched alkanes of at least 4 members (excludes halogenated alkanes) is 1. The van der Waals surface area contributed by atoms with Crippen molar-refractivity contribution in [3.05, 3.63) is 47.5 Å². The van der Waals surface area contributed by atoms with Crippen LogP contribution < -0.4 is 5.32 Å². The Morgan fingerprint density at radius 1 is 0.962 bits per heavy atom. The molecule has 3 unspecified atom stereocenters. The third-order valence-electron chi connectivity index (χ3n) is 16.6. The van der Waals surface area contributed by atoms with Crippen LogP contribution in [0.3, 0.4) is 0 Å². The molecule has 1 aromatic rings. The maximum Gasteiger partial charge on any atom is 0.315 e. The molecule has 2 aliphatic heterocycles. The maximum absolute atomic E-state index is 14.2. The van der Waals surface area contributed by atoms with Crippen molar-refractivity contribution in [2.75, 3.05) is 52.4 Å². The molecule has 292 valence electrons. The van der Waals surface area contributed by atoms with Crippen molar-refractivity contribution < 1.29 is 19.4 Å². The number of fused-ring (bicyclic) bond motifs is 2. The van der Waals surface area contributed by atoms with Crippen molar-refractivity contribution in [3.63, 3.8) is 0 Å². The van der Waals surface area contributed by atoms with Crippen LogP contribution in [0.2, 0.25) is 0 Å². The van der Waals surface area contributed by atoms with Crippen LogP contribution in [-0.4, -0.2) is 91.7 Å². The van der Waals surface area contributed by atoms with Crippen molar-refractivity contribution in [1.29, 1.82) is 0 Å². The first-order valence-electron chi connectivity index (χ1n) is 22.0. The Morgan fingerprint density at radius 3 is 2.40 bits per heavy atom. The molecule has 2 saturated heterocycles. The molecule has 8 rings (SSSR count). The van der Waals surface area contributed by atoms with Gasteiger partial charge in [-0.1, -0.05) is 101 Å². The minimum atomic E-state index is -1.15. The number of carbonyl (C=O) groups excluding carboxylic acids is 1. The van der Waals surface area contributed by atoms with Crippen molar-refractivity contribution in [2.45, 2.75) is 116 Å². The summed E-state index contributed by atoms with van der Waals surface area (Å²) in [5.74, 6) is 1.65. The normalized spacial score (nSPS) is 40.2. The predicted octanol–water partition coefficient (Wildman–Crippen LogP) is 7.50. The number of nitrogens with one attached hydrogen (secondary N) is 1. The lowest BCUT2D eigenvalue weighted by Gasteiger charge is -2.60. The zero-order valence-electron chi connectivity index (χ0n) is 33.2. The molecule has 4 saturated carbocycles. The molecule has 0 spiro atoms. The molecule has 0 aromatic heterocycles. The van der Waals surface area contributed by atoms with Gasteiger partial charge < -0.3 is 24.9 Å². The second-order valence-electron chi connectivity index (χ2n) is 19.2. The average Bonchev–Trinajstić information content (AvgIpc) is 3.90. The number of piperazine rings is 1. The van der Waals surface area contributed by atoms with E-state index in [2.05, 4.69) is 72.3 Å². The third-order valence-corrected chi connectivity index (χ3v) is 16.6. The van der Waals surface area contributed by atoms with Crippen molar-refractivity contribution in [1.82, 2.24) is 15.1 Å². The lowest BCUT2D eigenvalue weighted by atomic mass is 9.41. The van der Waals surface area contributed by atoms with E-state index in [1.165, 1.54) is 69.8 Å². The quantitative estimate of drug-likeness (QED) is 0.110. The van der Waals surface area contributed by atoms with E-state index in [-0.39, 0.29) is 30.0 Å². The first-order valence-corrected chi connectivity index (χ1v) is 22.0. The van der Waals surface area contributed by atoms with E-state index in [1.54, 1.807) is 0 Å². The van der Waals surface area contributed by atoms with Gasteiger partial charge in [0.15, 0.2) is 0 Å². The number of rotatable bonds is 15. The highest BCUT2D eigenvalue weighted by Gasteiger charge is 2.86. The van der Waals surface area contributed by atoms with Crippen molar-refractivity contribution in [2.24, 2.45) is 57.7 Å². The number of aliphatic carboxylic acids is 1. The molecule has 2 N–H and O–H groups in total. The van der Waals surface area contributed by atoms with Crippen LogP contribution in [0.4, 0.5) is 0 Å². The molecule has 4 bridgehead atoms. The first-order chi connectivity index (χ1) is 25.7. The fourth-order valence-electron chi connectivity index (χ4n) is 14.2. The Bertz CT molecular complexity index is 1470. The van der Waals surface area contributed by atoms with Crippen LogP contribution in [0, 0.1) is 57.7 Å². The number of hydrogen-bond acceptors (Lipinski definition) is 6. The number of aryl methyl sites for hydroxylation is 1. The molecule has 7 nitrogen and oxygen atoms in total. The summed E-state index contributed by atoms with van der Waals surface area (Å²) in [4.78, 5) is 33.1. The summed E-state index contributed by atoms with van der Waals surface area (Å²) in [5.41, 5.74) is -0.0244. The minimum Gasteiger partial charge on any atom is -0.481 e. The second kappa shape index (κ2) is 15.5. The molecule has 1 aromatic carbocycles. The zero-order chi connectivity index (χ0) is 36.8. The summed E-state index contributed by atoms with van der Waals surface area (Å²) in [6, 6.07) is 10.9. The van der Waals surface area contributed by atoms with Crippen molar-refractivity contribution >= 4 is 12.3 Å². The topological polar surface area (TPSA) is 82.1 Å². The van der Waals surface area contributed by atoms with Gasteiger partial charge >= 0.3 is 5.97 Å². The Kier molecular flexibility index (Phi) is 11.0. The van der Waals surface area contributed by atoms with Crippen molar-refractivity contribution in [3.8, 4) is 0 Å². The number of carboxylic acids is 1. The van der Waals surface area contributed by atoms with Gasteiger partial charge in [-0.15, -0.1) is 0 Å². The van der Waals surface area contributed by atoms with Gasteiger partial charge in [-0.3, -0.25) is 9.69 Å². The second-order valence-corrected chi connectivity index (χ2v) is 19.2. The minimum absolute atomic E-state index is 0.0972. The van der Waals surface area contributed by atoms with Gasteiger partial charge in [0.05, 0.1) is 17.6 Å². The molecular formula is C46H69N3O4. The molecule has 10 atom stereocenters. The van der Waals surface area contributed by atoms with Gasteiger partial charge in [0.2, 0.25) is 0 Å². The summed E-state index contributed by atoms with van der Waals surface area (Å²) >= 11 is 0. The number of ether oxygens (including phenoxy) is 1. The number of nitrogens with zero attached hydrogens (tertiary/aromatic N) is 2. The van der Waals surface area contributed by atoms with E-state index in [4.69, 9.17) is 4.74 Å². The van der Waals surface area contributed by atoms with E-state index in [0.29, 0.717) is 30.1 Å². The van der Waals surface area contributed by atoms with Gasteiger partial charge in [0, 0.05) is 51.2 Å².